The van der Waals surface area contributed by atoms with Crippen LogP contribution in [-0.4, -0.2) is 11.7 Å². The first-order valence-electron chi connectivity index (χ1n) is 6.72. The van der Waals surface area contributed by atoms with E-state index in [4.69, 9.17) is 4.74 Å². The van der Waals surface area contributed by atoms with Crippen LogP contribution >= 0.6 is 0 Å². The molecule has 0 aliphatic heterocycles. The van der Waals surface area contributed by atoms with Gasteiger partial charge >= 0.3 is 0 Å². The fraction of sp³-hybridized carbons (Fsp3) is 0.600. The number of hydrogen-bond acceptors (Lipinski definition) is 2. The average molecular weight is 234 g/mol. The largest absolute Gasteiger partial charge is 0.494 e. The molecule has 0 radical (unpaired) electrons. The minimum atomic E-state index is -0.323. The summed E-state index contributed by atoms with van der Waals surface area (Å²) in [6.45, 7) is 2.65. The van der Waals surface area contributed by atoms with E-state index >= 15 is 0 Å². The summed E-state index contributed by atoms with van der Waals surface area (Å²) < 4.78 is 5.47. The van der Waals surface area contributed by atoms with Gasteiger partial charge in [0.2, 0.25) is 0 Å². The van der Waals surface area contributed by atoms with Crippen molar-refractivity contribution in [1.82, 2.24) is 0 Å². The lowest BCUT2D eigenvalue weighted by atomic mass is 9.83. The van der Waals surface area contributed by atoms with E-state index in [1.54, 1.807) is 0 Å². The van der Waals surface area contributed by atoms with Gasteiger partial charge in [0.1, 0.15) is 5.75 Å². The lowest BCUT2D eigenvalue weighted by Gasteiger charge is -2.27. The number of aliphatic hydroxyl groups excluding tert-OH is 1. The van der Waals surface area contributed by atoms with E-state index in [2.05, 4.69) is 0 Å². The van der Waals surface area contributed by atoms with E-state index in [1.807, 2.05) is 31.2 Å². The number of hydrogen-bond donors (Lipinski definition) is 1. The maximum atomic E-state index is 10.4. The average Bonchev–Trinajstić information content (AvgIpc) is 2.40. The van der Waals surface area contributed by atoms with Gasteiger partial charge in [-0.3, -0.25) is 0 Å². The van der Waals surface area contributed by atoms with Gasteiger partial charge in [-0.1, -0.05) is 31.4 Å². The first-order chi connectivity index (χ1) is 8.31. The summed E-state index contributed by atoms with van der Waals surface area (Å²) in [7, 11) is 0. The standard InChI is InChI=1S/C15H22O2/c1-2-17-14-10-6-9-13(11-14)15(16)12-7-4-3-5-8-12/h6,9-12,15-16H,2-5,7-8H2,1H3. The number of benzene rings is 1. The second-order valence-corrected chi connectivity index (χ2v) is 4.85. The molecule has 1 fully saturated rings. The van der Waals surface area contributed by atoms with Crippen LogP contribution in [0, 0.1) is 5.92 Å². The van der Waals surface area contributed by atoms with Crippen molar-refractivity contribution in [2.75, 3.05) is 6.61 Å². The van der Waals surface area contributed by atoms with E-state index < -0.39 is 0 Å². The molecule has 0 aromatic heterocycles. The second-order valence-electron chi connectivity index (χ2n) is 4.85. The third-order valence-corrected chi connectivity index (χ3v) is 3.61. The van der Waals surface area contributed by atoms with Gasteiger partial charge in [-0.2, -0.15) is 0 Å². The van der Waals surface area contributed by atoms with Crippen LogP contribution in [0.25, 0.3) is 0 Å². The van der Waals surface area contributed by atoms with Gasteiger partial charge in [0.25, 0.3) is 0 Å². The zero-order valence-corrected chi connectivity index (χ0v) is 10.6. The van der Waals surface area contributed by atoms with Gasteiger partial charge in [-0.25, -0.2) is 0 Å². The molecule has 1 atom stereocenters. The molecule has 1 aliphatic carbocycles. The molecule has 17 heavy (non-hydrogen) atoms. The van der Waals surface area contributed by atoms with Crippen molar-refractivity contribution in [3.63, 3.8) is 0 Å². The van der Waals surface area contributed by atoms with Crippen LogP contribution in [0.4, 0.5) is 0 Å². The molecule has 0 saturated heterocycles. The Bertz CT molecular complexity index is 343. The highest BCUT2D eigenvalue weighted by molar-refractivity contribution is 5.30. The molecule has 2 nitrogen and oxygen atoms in total. The van der Waals surface area contributed by atoms with Crippen LogP contribution in [0.3, 0.4) is 0 Å². The normalized spacial score (nSPS) is 18.9. The van der Waals surface area contributed by atoms with Gasteiger partial charge in [-0.15, -0.1) is 0 Å². The van der Waals surface area contributed by atoms with Crippen molar-refractivity contribution in [3.05, 3.63) is 29.8 Å². The predicted molar refractivity (Wildman–Crippen MR) is 69.1 cm³/mol. The maximum absolute atomic E-state index is 10.4. The lowest BCUT2D eigenvalue weighted by Crippen LogP contribution is -2.15. The van der Waals surface area contributed by atoms with E-state index in [0.29, 0.717) is 12.5 Å². The third-order valence-electron chi connectivity index (χ3n) is 3.61. The molecule has 2 heteroatoms. The third kappa shape index (κ3) is 3.22. The molecule has 94 valence electrons. The Hall–Kier alpha value is -1.02. The molecule has 1 saturated carbocycles. The van der Waals surface area contributed by atoms with Crippen LogP contribution in [-0.2, 0) is 0 Å². The van der Waals surface area contributed by atoms with Gasteiger partial charge in [-0.05, 0) is 43.4 Å². The summed E-state index contributed by atoms with van der Waals surface area (Å²) in [4.78, 5) is 0. The predicted octanol–water partition coefficient (Wildman–Crippen LogP) is 3.70. The molecular weight excluding hydrogens is 212 g/mol. The summed E-state index contributed by atoms with van der Waals surface area (Å²) in [6.07, 6.45) is 5.82. The van der Waals surface area contributed by atoms with Crippen LogP contribution in [0.5, 0.6) is 5.75 Å². The van der Waals surface area contributed by atoms with Crippen molar-refractivity contribution in [1.29, 1.82) is 0 Å². The first kappa shape index (κ1) is 12.4. The minimum Gasteiger partial charge on any atom is -0.494 e. The van der Waals surface area contributed by atoms with Crippen molar-refractivity contribution in [2.45, 2.75) is 45.1 Å². The molecule has 0 spiro atoms. The Morgan fingerprint density at radius 1 is 1.29 bits per heavy atom. The smallest absolute Gasteiger partial charge is 0.119 e. The van der Waals surface area contributed by atoms with Crippen LogP contribution in [0.2, 0.25) is 0 Å². The molecule has 0 heterocycles. The SMILES string of the molecule is CCOc1cccc(C(O)C2CCCCC2)c1. The lowest BCUT2D eigenvalue weighted by molar-refractivity contribution is 0.0846. The fourth-order valence-electron chi connectivity index (χ4n) is 2.68. The molecule has 2 rings (SSSR count). The van der Waals surface area contributed by atoms with E-state index in [0.717, 1.165) is 24.2 Å². The van der Waals surface area contributed by atoms with Gasteiger partial charge in [0, 0.05) is 0 Å². The number of ether oxygens (including phenoxy) is 1. The van der Waals surface area contributed by atoms with Crippen LogP contribution in [0.15, 0.2) is 24.3 Å². The summed E-state index contributed by atoms with van der Waals surface area (Å²) >= 11 is 0. The number of aliphatic hydroxyl groups is 1. The molecule has 0 amide bonds. The van der Waals surface area contributed by atoms with E-state index in [1.165, 1.54) is 19.3 Å². The number of rotatable bonds is 4. The Morgan fingerprint density at radius 2 is 2.06 bits per heavy atom. The Morgan fingerprint density at radius 3 is 2.76 bits per heavy atom. The second kappa shape index (κ2) is 6.06. The Labute approximate surface area is 104 Å². The molecule has 1 unspecified atom stereocenters. The summed E-state index contributed by atoms with van der Waals surface area (Å²) in [5.41, 5.74) is 1.00. The van der Waals surface area contributed by atoms with Gasteiger partial charge in [0.15, 0.2) is 0 Å². The molecule has 1 N–H and O–H groups in total. The highest BCUT2D eigenvalue weighted by atomic mass is 16.5. The quantitative estimate of drug-likeness (QED) is 0.860. The molecule has 0 bridgehead atoms. The monoisotopic (exact) mass is 234 g/mol. The minimum absolute atomic E-state index is 0.323. The van der Waals surface area contributed by atoms with Crippen LogP contribution < -0.4 is 4.74 Å². The Kier molecular flexibility index (Phi) is 4.43. The van der Waals surface area contributed by atoms with Crippen molar-refractivity contribution < 1.29 is 9.84 Å². The fourth-order valence-corrected chi connectivity index (χ4v) is 2.68. The van der Waals surface area contributed by atoms with E-state index in [9.17, 15) is 5.11 Å². The van der Waals surface area contributed by atoms with Gasteiger partial charge < -0.3 is 9.84 Å². The molecule has 1 aromatic carbocycles. The van der Waals surface area contributed by atoms with Crippen LogP contribution in [0.1, 0.15) is 50.7 Å². The van der Waals surface area contributed by atoms with Crippen molar-refractivity contribution >= 4 is 0 Å². The van der Waals surface area contributed by atoms with Gasteiger partial charge in [0.05, 0.1) is 12.7 Å². The maximum Gasteiger partial charge on any atom is 0.119 e. The zero-order valence-electron chi connectivity index (χ0n) is 10.6. The van der Waals surface area contributed by atoms with Crippen molar-refractivity contribution in [2.24, 2.45) is 5.92 Å². The van der Waals surface area contributed by atoms with E-state index in [-0.39, 0.29) is 6.10 Å². The highest BCUT2D eigenvalue weighted by Gasteiger charge is 2.23. The summed E-state index contributed by atoms with van der Waals surface area (Å²) in [5, 5.41) is 10.4. The molecule has 1 aliphatic rings. The first-order valence-corrected chi connectivity index (χ1v) is 6.72. The summed E-state index contributed by atoms with van der Waals surface area (Å²) in [5.74, 6) is 1.29. The molecular formula is C15H22O2. The topological polar surface area (TPSA) is 29.5 Å². The summed E-state index contributed by atoms with van der Waals surface area (Å²) in [6, 6.07) is 7.89. The van der Waals surface area contributed by atoms with Crippen molar-refractivity contribution in [3.8, 4) is 5.75 Å². The Balaban J connectivity index is 2.06. The molecule has 1 aromatic rings. The highest BCUT2D eigenvalue weighted by Crippen LogP contribution is 2.35. The zero-order chi connectivity index (χ0) is 12.1.